The van der Waals surface area contributed by atoms with Crippen molar-refractivity contribution in [1.82, 2.24) is 5.32 Å². The second kappa shape index (κ2) is 10.6. The summed E-state index contributed by atoms with van der Waals surface area (Å²) in [6, 6.07) is 5.04. The van der Waals surface area contributed by atoms with Gasteiger partial charge < -0.3 is 15.5 Å². The van der Waals surface area contributed by atoms with E-state index in [1.165, 1.54) is 18.4 Å². The van der Waals surface area contributed by atoms with Crippen LogP contribution in [0.4, 0.5) is 5.69 Å². The van der Waals surface area contributed by atoms with E-state index in [4.69, 9.17) is 23.2 Å². The number of para-hydroxylation sites is 1. The van der Waals surface area contributed by atoms with Gasteiger partial charge in [0.05, 0.1) is 22.8 Å². The number of carbonyl (C=O) groups excluding carboxylic acids is 2. The van der Waals surface area contributed by atoms with Crippen LogP contribution in [0.3, 0.4) is 0 Å². The van der Waals surface area contributed by atoms with Crippen LogP contribution in [0.2, 0.25) is 10.0 Å². The topological polar surface area (TPSA) is 62.6 Å². The van der Waals surface area contributed by atoms with E-state index in [0.29, 0.717) is 22.3 Å². The number of halogens is 2. The molecule has 1 aliphatic carbocycles. The Balaban J connectivity index is 1.70. The minimum atomic E-state index is -0.238. The number of carbonyl (C=O) groups is 2. The molecule has 0 fully saturated rings. The predicted octanol–water partition coefficient (Wildman–Crippen LogP) is 2.45. The summed E-state index contributed by atoms with van der Waals surface area (Å²) in [6.45, 7) is 1.04. The van der Waals surface area contributed by atoms with Gasteiger partial charge >= 0.3 is 0 Å². The van der Waals surface area contributed by atoms with Gasteiger partial charge in [0.25, 0.3) is 11.8 Å². The van der Waals surface area contributed by atoms with Crippen LogP contribution in [0.5, 0.6) is 0 Å². The highest BCUT2D eigenvalue weighted by atomic mass is 35.5. The normalized spacial score (nSPS) is 15.1. The van der Waals surface area contributed by atoms with E-state index >= 15 is 0 Å². The summed E-state index contributed by atoms with van der Waals surface area (Å²) in [5.74, 6) is -0.292. The zero-order valence-electron chi connectivity index (χ0n) is 15.0. The number of quaternary nitrogens is 1. The van der Waals surface area contributed by atoms with E-state index in [1.54, 1.807) is 25.2 Å². The molecule has 2 amide bonds. The average molecular weight is 399 g/mol. The van der Waals surface area contributed by atoms with Crippen molar-refractivity contribution < 1.29 is 14.5 Å². The highest BCUT2D eigenvalue weighted by Gasteiger charge is 2.16. The maximum Gasteiger partial charge on any atom is 0.279 e. The van der Waals surface area contributed by atoms with Gasteiger partial charge in [-0.25, -0.2) is 0 Å². The van der Waals surface area contributed by atoms with E-state index < -0.39 is 0 Å². The SMILES string of the molecule is C[NH+](CC(=O)NCCC1=CCCCC1)CC(=O)Nc1c(Cl)cccc1Cl. The first kappa shape index (κ1) is 20.7. The van der Waals surface area contributed by atoms with Gasteiger partial charge in [-0.3, -0.25) is 9.59 Å². The van der Waals surface area contributed by atoms with Gasteiger partial charge in [0.15, 0.2) is 13.1 Å². The average Bonchev–Trinajstić information content (AvgIpc) is 2.59. The van der Waals surface area contributed by atoms with Crippen LogP contribution < -0.4 is 15.5 Å². The standard InChI is InChI=1S/C19H25Cl2N3O2/c1-24(12-17(25)22-11-10-14-6-3-2-4-7-14)13-18(26)23-19-15(20)8-5-9-16(19)21/h5-6,8-9H,2-4,7,10-13H2,1H3,(H,22,25)(H,23,26)/p+1. The van der Waals surface area contributed by atoms with Crippen molar-refractivity contribution in [2.75, 3.05) is 32.0 Å². The maximum absolute atomic E-state index is 12.1. The summed E-state index contributed by atoms with van der Waals surface area (Å²) >= 11 is 12.1. The Morgan fingerprint density at radius 2 is 1.81 bits per heavy atom. The van der Waals surface area contributed by atoms with Crippen molar-refractivity contribution in [2.45, 2.75) is 32.1 Å². The third-order valence-corrected chi connectivity index (χ3v) is 4.94. The number of benzene rings is 1. The van der Waals surface area contributed by atoms with Crippen LogP contribution in [0.1, 0.15) is 32.1 Å². The van der Waals surface area contributed by atoms with Crippen LogP contribution in [-0.2, 0) is 9.59 Å². The van der Waals surface area contributed by atoms with Gasteiger partial charge in [-0.15, -0.1) is 0 Å². The van der Waals surface area contributed by atoms with Crippen LogP contribution in [0.15, 0.2) is 29.8 Å². The molecule has 3 N–H and O–H groups in total. The first-order chi connectivity index (χ1) is 12.5. The van der Waals surface area contributed by atoms with E-state index in [9.17, 15) is 9.59 Å². The Hall–Kier alpha value is -1.56. The second-order valence-electron chi connectivity index (χ2n) is 6.66. The quantitative estimate of drug-likeness (QED) is 0.588. The first-order valence-corrected chi connectivity index (χ1v) is 9.71. The summed E-state index contributed by atoms with van der Waals surface area (Å²) in [6.07, 6.45) is 8.02. The lowest BCUT2D eigenvalue weighted by molar-refractivity contribution is -0.862. The van der Waals surface area contributed by atoms with Gasteiger partial charge in [0, 0.05) is 6.54 Å². The number of allylic oxidation sites excluding steroid dienone is 1. The largest absolute Gasteiger partial charge is 0.351 e. The number of anilines is 1. The maximum atomic E-state index is 12.1. The van der Waals surface area contributed by atoms with Crippen molar-refractivity contribution >= 4 is 40.7 Å². The molecule has 0 spiro atoms. The van der Waals surface area contributed by atoms with Gasteiger partial charge in [0.2, 0.25) is 0 Å². The number of rotatable bonds is 8. The molecule has 1 aromatic rings. The van der Waals surface area contributed by atoms with Gasteiger partial charge in [0.1, 0.15) is 0 Å². The second-order valence-corrected chi connectivity index (χ2v) is 7.48. The lowest BCUT2D eigenvalue weighted by Gasteiger charge is -2.15. The molecule has 5 nitrogen and oxygen atoms in total. The summed E-state index contributed by atoms with van der Waals surface area (Å²) in [5, 5.41) is 6.41. The molecule has 0 saturated heterocycles. The minimum Gasteiger partial charge on any atom is -0.351 e. The molecule has 0 aliphatic heterocycles. The van der Waals surface area contributed by atoms with E-state index in [2.05, 4.69) is 16.7 Å². The predicted molar refractivity (Wildman–Crippen MR) is 106 cm³/mol. The number of hydrogen-bond acceptors (Lipinski definition) is 2. The number of likely N-dealkylation sites (N-methyl/N-ethyl adjacent to an activating group) is 1. The van der Waals surface area contributed by atoms with Crippen LogP contribution >= 0.6 is 23.2 Å². The highest BCUT2D eigenvalue weighted by Crippen LogP contribution is 2.29. The molecule has 1 aliphatic rings. The van der Waals surface area contributed by atoms with Crippen LogP contribution in [-0.4, -0.2) is 38.5 Å². The van der Waals surface area contributed by atoms with Gasteiger partial charge in [-0.1, -0.05) is 40.9 Å². The number of hydrogen-bond donors (Lipinski definition) is 3. The number of nitrogens with one attached hydrogen (secondary N) is 3. The van der Waals surface area contributed by atoms with Crippen molar-refractivity contribution in [1.29, 1.82) is 0 Å². The molecule has 0 radical (unpaired) electrons. The Bertz CT molecular complexity index is 656. The summed E-state index contributed by atoms with van der Waals surface area (Å²) in [4.78, 5) is 25.0. The monoisotopic (exact) mass is 398 g/mol. The van der Waals surface area contributed by atoms with Crippen molar-refractivity contribution in [2.24, 2.45) is 0 Å². The van der Waals surface area contributed by atoms with Crippen molar-refractivity contribution in [3.63, 3.8) is 0 Å². The molecule has 0 saturated carbocycles. The van der Waals surface area contributed by atoms with E-state index in [1.807, 2.05) is 0 Å². The van der Waals surface area contributed by atoms with E-state index in [0.717, 1.165) is 24.2 Å². The van der Waals surface area contributed by atoms with Crippen molar-refractivity contribution in [3.8, 4) is 0 Å². The smallest absolute Gasteiger partial charge is 0.279 e. The number of amides is 2. The molecule has 0 bridgehead atoms. The van der Waals surface area contributed by atoms with Gasteiger partial charge in [-0.2, -0.15) is 0 Å². The molecule has 26 heavy (non-hydrogen) atoms. The summed E-state index contributed by atoms with van der Waals surface area (Å²) in [7, 11) is 1.80. The third kappa shape index (κ3) is 6.98. The highest BCUT2D eigenvalue weighted by molar-refractivity contribution is 6.39. The first-order valence-electron chi connectivity index (χ1n) is 8.95. The Morgan fingerprint density at radius 3 is 2.46 bits per heavy atom. The van der Waals surface area contributed by atoms with E-state index in [-0.39, 0.29) is 24.9 Å². The molecule has 142 valence electrons. The fraction of sp³-hybridized carbons (Fsp3) is 0.474. The van der Waals surface area contributed by atoms with Crippen LogP contribution in [0, 0.1) is 0 Å². The Morgan fingerprint density at radius 1 is 1.12 bits per heavy atom. The fourth-order valence-electron chi connectivity index (χ4n) is 2.97. The molecule has 1 atom stereocenters. The Labute approximate surface area is 164 Å². The van der Waals surface area contributed by atoms with Gasteiger partial charge in [-0.05, 0) is 44.2 Å². The molecule has 0 aromatic heterocycles. The van der Waals surface area contributed by atoms with Crippen LogP contribution in [0.25, 0.3) is 0 Å². The molecule has 0 heterocycles. The molecule has 1 unspecified atom stereocenters. The molecule has 2 rings (SSSR count). The summed E-state index contributed by atoms with van der Waals surface area (Å²) in [5.41, 5.74) is 1.84. The molecular formula is C19H26Cl2N3O2+. The fourth-order valence-corrected chi connectivity index (χ4v) is 3.46. The Kier molecular flexibility index (Phi) is 8.42. The molecular weight excluding hydrogens is 373 g/mol. The zero-order chi connectivity index (χ0) is 18.9. The zero-order valence-corrected chi connectivity index (χ0v) is 16.6. The summed E-state index contributed by atoms with van der Waals surface area (Å²) < 4.78 is 0. The minimum absolute atomic E-state index is 0.0533. The molecule has 7 heteroatoms. The molecule has 1 aromatic carbocycles. The lowest BCUT2D eigenvalue weighted by atomic mass is 9.97. The van der Waals surface area contributed by atoms with Crippen molar-refractivity contribution in [3.05, 3.63) is 39.9 Å². The lowest BCUT2D eigenvalue weighted by Crippen LogP contribution is -3.11. The third-order valence-electron chi connectivity index (χ3n) is 4.31.